The second-order valence-corrected chi connectivity index (χ2v) is 6.03. The van der Waals surface area contributed by atoms with Crippen LogP contribution in [0.5, 0.6) is 0 Å². The lowest BCUT2D eigenvalue weighted by Gasteiger charge is -2.55. The summed E-state index contributed by atoms with van der Waals surface area (Å²) in [6.45, 7) is 6.87. The van der Waals surface area contributed by atoms with E-state index < -0.39 is 11.4 Å². The molecule has 5 nitrogen and oxygen atoms in total. The van der Waals surface area contributed by atoms with Crippen molar-refractivity contribution in [1.29, 1.82) is 0 Å². The van der Waals surface area contributed by atoms with E-state index in [1.165, 1.54) is 0 Å². The van der Waals surface area contributed by atoms with Gasteiger partial charge in [0.15, 0.2) is 0 Å². The first-order valence-electron chi connectivity index (χ1n) is 7.62. The van der Waals surface area contributed by atoms with Crippen LogP contribution in [0.2, 0.25) is 0 Å². The van der Waals surface area contributed by atoms with Crippen LogP contribution in [0.4, 0.5) is 0 Å². The zero-order valence-electron chi connectivity index (χ0n) is 12.6. The molecule has 0 aliphatic heterocycles. The van der Waals surface area contributed by atoms with Crippen molar-refractivity contribution in [3.8, 4) is 0 Å². The van der Waals surface area contributed by atoms with Gasteiger partial charge in [0.2, 0.25) is 5.91 Å². The Bertz CT molecular complexity index is 399. The molecular formula is C15H25NO4. The normalized spacial score (nSPS) is 29.4. The Labute approximate surface area is 120 Å². The minimum absolute atomic E-state index is 0.0402. The number of amides is 1. The van der Waals surface area contributed by atoms with Gasteiger partial charge in [-0.2, -0.15) is 0 Å². The Hall–Kier alpha value is -1.10. The maximum absolute atomic E-state index is 12.2. The molecule has 0 bridgehead atoms. The molecule has 0 aromatic heterocycles. The lowest BCUT2D eigenvalue weighted by atomic mass is 9.58. The first-order valence-corrected chi connectivity index (χ1v) is 7.62. The van der Waals surface area contributed by atoms with E-state index in [9.17, 15) is 14.7 Å². The summed E-state index contributed by atoms with van der Waals surface area (Å²) in [4.78, 5) is 23.4. The van der Waals surface area contributed by atoms with Gasteiger partial charge in [-0.1, -0.05) is 13.8 Å². The van der Waals surface area contributed by atoms with E-state index in [0.29, 0.717) is 19.4 Å². The maximum Gasteiger partial charge on any atom is 0.319 e. The fourth-order valence-electron chi connectivity index (χ4n) is 3.54. The molecular weight excluding hydrogens is 258 g/mol. The minimum atomic E-state index is -1.15. The van der Waals surface area contributed by atoms with Crippen LogP contribution in [0.25, 0.3) is 0 Å². The van der Waals surface area contributed by atoms with Crippen LogP contribution in [0, 0.1) is 10.8 Å². The predicted octanol–water partition coefficient (Wildman–Crippen LogP) is 1.95. The van der Waals surface area contributed by atoms with Gasteiger partial charge in [-0.3, -0.25) is 9.59 Å². The van der Waals surface area contributed by atoms with Crippen molar-refractivity contribution in [2.24, 2.45) is 10.8 Å². The van der Waals surface area contributed by atoms with Crippen molar-refractivity contribution in [1.82, 2.24) is 5.32 Å². The molecule has 0 aromatic rings. The third kappa shape index (κ3) is 2.12. The summed E-state index contributed by atoms with van der Waals surface area (Å²) >= 11 is 0. The number of carbonyl (C=O) groups excluding carboxylic acids is 1. The summed E-state index contributed by atoms with van der Waals surface area (Å²) in [5, 5.41) is 12.2. The summed E-state index contributed by atoms with van der Waals surface area (Å²) in [6, 6.07) is 0.0402. The molecule has 114 valence electrons. The van der Waals surface area contributed by atoms with E-state index in [2.05, 4.69) is 19.2 Å². The number of rotatable bonds is 7. The number of ether oxygens (including phenoxy) is 1. The number of carboxylic acids is 1. The fourth-order valence-corrected chi connectivity index (χ4v) is 3.54. The molecule has 0 radical (unpaired) electrons. The highest BCUT2D eigenvalue weighted by atomic mass is 16.5. The fraction of sp³-hybridized carbons (Fsp3) is 0.867. The highest BCUT2D eigenvalue weighted by Crippen LogP contribution is 2.51. The zero-order valence-corrected chi connectivity index (χ0v) is 12.6. The Morgan fingerprint density at radius 1 is 1.25 bits per heavy atom. The highest BCUT2D eigenvalue weighted by molar-refractivity contribution is 6.05. The monoisotopic (exact) mass is 283 g/mol. The second-order valence-electron chi connectivity index (χ2n) is 6.03. The lowest BCUT2D eigenvalue weighted by molar-refractivity contribution is -0.157. The van der Waals surface area contributed by atoms with Gasteiger partial charge < -0.3 is 15.2 Å². The van der Waals surface area contributed by atoms with Crippen molar-refractivity contribution in [2.75, 3.05) is 6.61 Å². The number of nitrogens with one attached hydrogen (secondary N) is 1. The number of hydrogen-bond acceptors (Lipinski definition) is 3. The second kappa shape index (κ2) is 5.35. The lowest BCUT2D eigenvalue weighted by Crippen LogP contribution is -2.65. The van der Waals surface area contributed by atoms with Crippen LogP contribution in [-0.2, 0) is 14.3 Å². The van der Waals surface area contributed by atoms with Crippen molar-refractivity contribution >= 4 is 11.9 Å². The van der Waals surface area contributed by atoms with Crippen LogP contribution in [0.1, 0.15) is 52.9 Å². The van der Waals surface area contributed by atoms with Gasteiger partial charge in [0.25, 0.3) is 0 Å². The number of carbonyl (C=O) groups is 2. The van der Waals surface area contributed by atoms with E-state index >= 15 is 0 Å². The third-order valence-corrected chi connectivity index (χ3v) is 5.37. The number of hydrogen-bond donors (Lipinski definition) is 2. The summed E-state index contributed by atoms with van der Waals surface area (Å²) < 4.78 is 5.77. The summed E-state index contributed by atoms with van der Waals surface area (Å²) in [5.41, 5.74) is -1.19. The molecule has 1 amide bonds. The first-order chi connectivity index (χ1) is 9.46. The van der Waals surface area contributed by atoms with Crippen LogP contribution in [-0.4, -0.2) is 35.7 Å². The summed E-state index contributed by atoms with van der Waals surface area (Å²) in [5.74, 6) is -1.30. The van der Waals surface area contributed by atoms with Crippen molar-refractivity contribution in [3.05, 3.63) is 0 Å². The molecule has 0 spiro atoms. The Balaban J connectivity index is 2.03. The minimum Gasteiger partial charge on any atom is -0.480 e. The molecule has 20 heavy (non-hydrogen) atoms. The molecule has 2 N–H and O–H groups in total. The van der Waals surface area contributed by atoms with Crippen LogP contribution >= 0.6 is 0 Å². The van der Waals surface area contributed by atoms with Crippen molar-refractivity contribution in [3.63, 3.8) is 0 Å². The molecule has 2 fully saturated rings. The van der Waals surface area contributed by atoms with Gasteiger partial charge in [-0.25, -0.2) is 0 Å². The Kier molecular flexibility index (Phi) is 4.09. The largest absolute Gasteiger partial charge is 0.480 e. The van der Waals surface area contributed by atoms with Crippen LogP contribution in [0.3, 0.4) is 0 Å². The predicted molar refractivity (Wildman–Crippen MR) is 74.3 cm³/mol. The van der Waals surface area contributed by atoms with E-state index in [4.69, 9.17) is 4.74 Å². The van der Waals surface area contributed by atoms with Gasteiger partial charge in [0.05, 0.1) is 6.10 Å². The van der Waals surface area contributed by atoms with Gasteiger partial charge in [0.1, 0.15) is 5.41 Å². The quantitative estimate of drug-likeness (QED) is 0.700. The smallest absolute Gasteiger partial charge is 0.319 e. The zero-order chi connectivity index (χ0) is 15.0. The average Bonchev–Trinajstić information content (AvgIpc) is 3.20. The van der Waals surface area contributed by atoms with E-state index in [-0.39, 0.29) is 23.5 Å². The molecule has 0 saturated heterocycles. The highest BCUT2D eigenvalue weighted by Gasteiger charge is 2.60. The number of carboxylic acid groups (broad SMARTS) is 1. The third-order valence-electron chi connectivity index (χ3n) is 5.37. The van der Waals surface area contributed by atoms with E-state index in [1.807, 2.05) is 6.92 Å². The SMILES string of the molecule is CCO[C@H]1C[C@@H](NC(=O)C2(C(=O)O)CC2)C1(CC)CC. The van der Waals surface area contributed by atoms with Gasteiger partial charge in [-0.05, 0) is 39.0 Å². The Morgan fingerprint density at radius 2 is 1.85 bits per heavy atom. The standard InChI is InChI=1S/C15H25NO4/c1-4-14(5-2)10(9-11(14)20-6-3)16-12(17)15(7-8-15)13(18)19/h10-11H,4-9H2,1-3H3,(H,16,17)(H,18,19)/t10-,11+/m1/s1. The Morgan fingerprint density at radius 3 is 2.25 bits per heavy atom. The number of aliphatic carboxylic acids is 1. The summed E-state index contributed by atoms with van der Waals surface area (Å²) in [7, 11) is 0. The molecule has 0 heterocycles. The van der Waals surface area contributed by atoms with E-state index in [0.717, 1.165) is 19.3 Å². The van der Waals surface area contributed by atoms with E-state index in [1.54, 1.807) is 0 Å². The van der Waals surface area contributed by atoms with Crippen LogP contribution in [0.15, 0.2) is 0 Å². The average molecular weight is 283 g/mol. The van der Waals surface area contributed by atoms with Gasteiger partial charge >= 0.3 is 5.97 Å². The molecule has 0 aromatic carbocycles. The first kappa shape index (κ1) is 15.3. The van der Waals surface area contributed by atoms with Crippen LogP contribution < -0.4 is 5.32 Å². The molecule has 2 aliphatic rings. The molecule has 2 saturated carbocycles. The van der Waals surface area contributed by atoms with Crippen molar-refractivity contribution < 1.29 is 19.4 Å². The van der Waals surface area contributed by atoms with Gasteiger partial charge in [0, 0.05) is 18.1 Å². The molecule has 2 aliphatic carbocycles. The topological polar surface area (TPSA) is 75.6 Å². The van der Waals surface area contributed by atoms with Gasteiger partial charge in [-0.15, -0.1) is 0 Å². The molecule has 2 rings (SSSR count). The summed E-state index contributed by atoms with van der Waals surface area (Å²) in [6.07, 6.45) is 3.74. The molecule has 2 atom stereocenters. The molecule has 5 heteroatoms. The maximum atomic E-state index is 12.2. The van der Waals surface area contributed by atoms with Crippen molar-refractivity contribution in [2.45, 2.75) is 65.0 Å². The molecule has 0 unspecified atom stereocenters.